The minimum atomic E-state index is -0.138. The molecule has 1 aromatic carbocycles. The van der Waals surface area contributed by atoms with Crippen LogP contribution in [0.3, 0.4) is 0 Å². The summed E-state index contributed by atoms with van der Waals surface area (Å²) in [7, 11) is 1.58. The molecule has 1 saturated carbocycles. The molecule has 1 aliphatic rings. The molecule has 28 heavy (non-hydrogen) atoms. The lowest BCUT2D eigenvalue weighted by atomic mass is 9.86. The maximum Gasteiger partial charge on any atom is 0.234 e. The Labute approximate surface area is 170 Å². The van der Waals surface area contributed by atoms with Gasteiger partial charge in [0.1, 0.15) is 5.75 Å². The number of nitrogens with zero attached hydrogens (tertiary/aromatic N) is 3. The Morgan fingerprint density at radius 2 is 2.11 bits per heavy atom. The zero-order valence-corrected chi connectivity index (χ0v) is 17.4. The summed E-state index contributed by atoms with van der Waals surface area (Å²) in [5.41, 5.74) is 1.71. The fourth-order valence-electron chi connectivity index (χ4n) is 3.62. The van der Waals surface area contributed by atoms with Crippen molar-refractivity contribution in [3.63, 3.8) is 0 Å². The molecule has 1 aromatic heterocycles. The molecule has 7 nitrogen and oxygen atoms in total. The van der Waals surface area contributed by atoms with Crippen LogP contribution in [0, 0.1) is 12.8 Å². The van der Waals surface area contributed by atoms with Gasteiger partial charge in [-0.15, -0.1) is 10.2 Å². The van der Waals surface area contributed by atoms with Crippen molar-refractivity contribution < 1.29 is 9.53 Å². The van der Waals surface area contributed by atoms with Gasteiger partial charge in [-0.25, -0.2) is 4.68 Å². The van der Waals surface area contributed by atoms with Crippen molar-refractivity contribution in [1.82, 2.24) is 14.9 Å². The number of hydrogen-bond donors (Lipinski definition) is 2. The van der Waals surface area contributed by atoms with E-state index in [4.69, 9.17) is 10.6 Å². The molecule has 1 aliphatic carbocycles. The first-order valence-corrected chi connectivity index (χ1v) is 10.8. The topological polar surface area (TPSA) is 95.1 Å². The van der Waals surface area contributed by atoms with E-state index < -0.39 is 0 Å². The number of nitrogen functional groups attached to an aromatic ring is 1. The van der Waals surface area contributed by atoms with Crippen molar-refractivity contribution in [2.75, 3.05) is 24.0 Å². The zero-order chi connectivity index (χ0) is 19.9. The predicted molar refractivity (Wildman–Crippen MR) is 112 cm³/mol. The smallest absolute Gasteiger partial charge is 0.234 e. The number of hydrogen-bond acceptors (Lipinski definition) is 6. The minimum absolute atomic E-state index is 0.138. The van der Waals surface area contributed by atoms with E-state index in [0.717, 1.165) is 30.1 Å². The number of aromatic nitrogens is 3. The number of nitrogens with one attached hydrogen (secondary N) is 1. The van der Waals surface area contributed by atoms with Crippen molar-refractivity contribution in [3.05, 3.63) is 29.6 Å². The minimum Gasteiger partial charge on any atom is -0.495 e. The van der Waals surface area contributed by atoms with E-state index in [1.54, 1.807) is 7.11 Å². The van der Waals surface area contributed by atoms with Gasteiger partial charge in [-0.2, -0.15) is 0 Å². The highest BCUT2D eigenvalue weighted by Gasteiger charge is 2.17. The third kappa shape index (κ3) is 5.41. The summed E-state index contributed by atoms with van der Waals surface area (Å²) in [5, 5.41) is 11.8. The molecule has 1 heterocycles. The quantitative estimate of drug-likeness (QED) is 0.517. The summed E-state index contributed by atoms with van der Waals surface area (Å²) in [4.78, 5) is 12.3. The van der Waals surface area contributed by atoms with E-state index >= 15 is 0 Å². The van der Waals surface area contributed by atoms with Crippen molar-refractivity contribution >= 4 is 23.4 Å². The highest BCUT2D eigenvalue weighted by atomic mass is 32.2. The van der Waals surface area contributed by atoms with Crippen LogP contribution in [0.4, 0.5) is 5.69 Å². The molecule has 1 amide bonds. The first kappa shape index (κ1) is 20.5. The molecule has 0 atom stereocenters. The number of carbonyl (C=O) groups is 1. The second-order valence-electron chi connectivity index (χ2n) is 7.35. The van der Waals surface area contributed by atoms with E-state index in [2.05, 4.69) is 15.5 Å². The van der Waals surface area contributed by atoms with Crippen LogP contribution < -0.4 is 15.9 Å². The Morgan fingerprint density at radius 1 is 1.32 bits per heavy atom. The summed E-state index contributed by atoms with van der Waals surface area (Å²) >= 11 is 1.29. The second kappa shape index (κ2) is 9.82. The number of rotatable bonds is 8. The summed E-state index contributed by atoms with van der Waals surface area (Å²) in [6.07, 6.45) is 8.59. The van der Waals surface area contributed by atoms with Gasteiger partial charge >= 0.3 is 0 Å². The Kier molecular flexibility index (Phi) is 7.19. The highest BCUT2D eigenvalue weighted by molar-refractivity contribution is 7.99. The average molecular weight is 404 g/mol. The monoisotopic (exact) mass is 403 g/mol. The van der Waals surface area contributed by atoms with Crippen LogP contribution in [0.25, 0.3) is 0 Å². The molecule has 0 bridgehead atoms. The Hall–Kier alpha value is -2.22. The molecular formula is C20H29N5O2S. The van der Waals surface area contributed by atoms with Gasteiger partial charge in [0, 0.05) is 6.42 Å². The number of benzene rings is 1. The number of carbonyl (C=O) groups excluding carboxylic acids is 1. The molecule has 3 rings (SSSR count). The van der Waals surface area contributed by atoms with Gasteiger partial charge in [0.2, 0.25) is 11.1 Å². The maximum atomic E-state index is 12.3. The summed E-state index contributed by atoms with van der Waals surface area (Å²) < 4.78 is 6.82. The van der Waals surface area contributed by atoms with Crippen molar-refractivity contribution in [2.24, 2.45) is 5.92 Å². The lowest BCUT2D eigenvalue weighted by molar-refractivity contribution is -0.113. The van der Waals surface area contributed by atoms with E-state index in [1.807, 2.05) is 25.1 Å². The van der Waals surface area contributed by atoms with Crippen LogP contribution >= 0.6 is 11.8 Å². The third-order valence-electron chi connectivity index (χ3n) is 5.20. The van der Waals surface area contributed by atoms with E-state index in [0.29, 0.717) is 16.6 Å². The number of amides is 1. The highest BCUT2D eigenvalue weighted by Crippen LogP contribution is 2.28. The molecule has 152 valence electrons. The molecule has 3 N–H and O–H groups in total. The molecular weight excluding hydrogens is 374 g/mol. The Bertz CT molecular complexity index is 802. The predicted octanol–water partition coefficient (Wildman–Crippen LogP) is 3.55. The van der Waals surface area contributed by atoms with E-state index in [1.165, 1.54) is 48.5 Å². The first-order chi connectivity index (χ1) is 13.6. The summed E-state index contributed by atoms with van der Waals surface area (Å²) in [6, 6.07) is 5.67. The SMILES string of the molecule is COc1ccc(C)cc1NC(=O)CSc1nnc(CCC2CCCCC2)n1N. The van der Waals surface area contributed by atoms with Gasteiger partial charge in [0.25, 0.3) is 0 Å². The van der Waals surface area contributed by atoms with Crippen molar-refractivity contribution in [3.8, 4) is 5.75 Å². The van der Waals surface area contributed by atoms with Crippen LogP contribution in [0.5, 0.6) is 5.75 Å². The number of ether oxygens (including phenoxy) is 1. The molecule has 0 unspecified atom stereocenters. The van der Waals surface area contributed by atoms with Crippen LogP contribution in [0.2, 0.25) is 0 Å². The number of thioether (sulfide) groups is 1. The maximum absolute atomic E-state index is 12.3. The molecule has 2 aromatic rings. The average Bonchev–Trinajstić information content (AvgIpc) is 3.05. The van der Waals surface area contributed by atoms with Gasteiger partial charge in [0.05, 0.1) is 18.6 Å². The van der Waals surface area contributed by atoms with E-state index in [-0.39, 0.29) is 11.7 Å². The molecule has 0 saturated heterocycles. The Morgan fingerprint density at radius 3 is 2.86 bits per heavy atom. The van der Waals surface area contributed by atoms with Crippen LogP contribution in [-0.4, -0.2) is 33.6 Å². The van der Waals surface area contributed by atoms with Gasteiger partial charge in [-0.05, 0) is 37.0 Å². The van der Waals surface area contributed by atoms with Gasteiger partial charge < -0.3 is 15.9 Å². The van der Waals surface area contributed by atoms with Gasteiger partial charge in [-0.1, -0.05) is 49.9 Å². The van der Waals surface area contributed by atoms with Crippen molar-refractivity contribution in [2.45, 2.75) is 57.0 Å². The van der Waals surface area contributed by atoms with Crippen LogP contribution in [0.1, 0.15) is 49.9 Å². The fraction of sp³-hybridized carbons (Fsp3) is 0.550. The molecule has 0 aliphatic heterocycles. The largest absolute Gasteiger partial charge is 0.495 e. The third-order valence-corrected chi connectivity index (χ3v) is 6.14. The molecule has 1 fully saturated rings. The zero-order valence-electron chi connectivity index (χ0n) is 16.6. The number of aryl methyl sites for hydroxylation is 2. The van der Waals surface area contributed by atoms with E-state index in [9.17, 15) is 4.79 Å². The molecule has 8 heteroatoms. The second-order valence-corrected chi connectivity index (χ2v) is 8.29. The number of anilines is 1. The van der Waals surface area contributed by atoms with Crippen LogP contribution in [0.15, 0.2) is 23.4 Å². The van der Waals surface area contributed by atoms with Crippen LogP contribution in [-0.2, 0) is 11.2 Å². The number of nitrogens with two attached hydrogens (primary N) is 1. The molecule has 0 radical (unpaired) electrons. The van der Waals surface area contributed by atoms with Crippen molar-refractivity contribution in [1.29, 1.82) is 0 Å². The van der Waals surface area contributed by atoms with Gasteiger partial charge in [-0.3, -0.25) is 4.79 Å². The summed E-state index contributed by atoms with van der Waals surface area (Å²) in [6.45, 7) is 1.97. The fourth-order valence-corrected chi connectivity index (χ4v) is 4.30. The Balaban J connectivity index is 1.51. The standard InChI is InChI=1S/C20H29N5O2S/c1-14-8-10-17(27-2)16(12-14)22-19(26)13-28-20-24-23-18(25(20)21)11-9-15-6-4-3-5-7-15/h8,10,12,15H,3-7,9,11,13,21H2,1-2H3,(H,22,26). The van der Waals surface area contributed by atoms with Gasteiger partial charge in [0.15, 0.2) is 5.82 Å². The lowest BCUT2D eigenvalue weighted by Crippen LogP contribution is -2.18. The normalized spacial score (nSPS) is 14.8. The first-order valence-electron chi connectivity index (χ1n) is 9.83. The summed E-state index contributed by atoms with van der Waals surface area (Å²) in [5.74, 6) is 8.40. The number of methoxy groups -OCH3 is 1. The molecule has 0 spiro atoms. The lowest BCUT2D eigenvalue weighted by Gasteiger charge is -2.20.